The average molecular weight is 523 g/mol. The lowest BCUT2D eigenvalue weighted by molar-refractivity contribution is 0.548. The van der Waals surface area contributed by atoms with Crippen LogP contribution in [0, 0.1) is 0 Å². The fraction of sp³-hybridized carbons (Fsp3) is 0.423. The highest BCUT2D eigenvalue weighted by atomic mass is 32.2. The van der Waals surface area contributed by atoms with E-state index in [1.54, 1.807) is 6.20 Å². The number of aromatic nitrogens is 3. The maximum atomic E-state index is 12.2. The summed E-state index contributed by atoms with van der Waals surface area (Å²) < 4.78 is 25.6. The predicted molar refractivity (Wildman–Crippen MR) is 148 cm³/mol. The van der Waals surface area contributed by atoms with Gasteiger partial charge in [-0.2, -0.15) is 4.98 Å². The first-order valence-corrected chi connectivity index (χ1v) is 14.3. The van der Waals surface area contributed by atoms with Crippen LogP contribution in [-0.4, -0.2) is 69.4 Å². The van der Waals surface area contributed by atoms with Crippen molar-refractivity contribution in [3.63, 3.8) is 0 Å². The van der Waals surface area contributed by atoms with Crippen LogP contribution in [0.3, 0.4) is 0 Å². The Hall–Kier alpha value is -3.44. The Kier molecular flexibility index (Phi) is 6.67. The van der Waals surface area contributed by atoms with E-state index < -0.39 is 10.0 Å². The summed E-state index contributed by atoms with van der Waals surface area (Å²) in [6.45, 7) is 9.57. The van der Waals surface area contributed by atoms with Gasteiger partial charge in [0, 0.05) is 86.6 Å². The van der Waals surface area contributed by atoms with Gasteiger partial charge in [0.05, 0.1) is 6.26 Å². The monoisotopic (exact) mass is 522 g/mol. The van der Waals surface area contributed by atoms with Crippen molar-refractivity contribution in [2.24, 2.45) is 0 Å². The molecule has 0 saturated carbocycles. The molecule has 0 unspecified atom stereocenters. The van der Waals surface area contributed by atoms with Gasteiger partial charge in [-0.3, -0.25) is 4.31 Å². The molecule has 4 heterocycles. The minimum Gasteiger partial charge on any atom is -0.369 e. The summed E-state index contributed by atoms with van der Waals surface area (Å²) >= 11 is 0. The number of nitrogens with zero attached hydrogens (tertiary/aromatic N) is 6. The molecule has 10 nitrogen and oxygen atoms in total. The summed E-state index contributed by atoms with van der Waals surface area (Å²) in [5, 5.41) is 6.73. The zero-order chi connectivity index (χ0) is 26.2. The molecule has 2 N–H and O–H groups in total. The number of hydrogen-bond acceptors (Lipinski definition) is 9. The Balaban J connectivity index is 1.38. The molecular formula is C26H34N8O2S. The van der Waals surface area contributed by atoms with Gasteiger partial charge in [0.2, 0.25) is 16.0 Å². The second kappa shape index (κ2) is 9.79. The molecule has 37 heavy (non-hydrogen) atoms. The highest BCUT2D eigenvalue weighted by Gasteiger charge is 2.37. The Morgan fingerprint density at radius 2 is 1.84 bits per heavy atom. The van der Waals surface area contributed by atoms with Gasteiger partial charge in [-0.05, 0) is 30.3 Å². The van der Waals surface area contributed by atoms with E-state index in [4.69, 9.17) is 4.98 Å². The summed E-state index contributed by atoms with van der Waals surface area (Å²) in [6.07, 6.45) is 4.69. The molecule has 0 spiro atoms. The molecule has 1 fully saturated rings. The van der Waals surface area contributed by atoms with Crippen molar-refractivity contribution in [3.8, 4) is 0 Å². The molecule has 2 aliphatic heterocycles. The van der Waals surface area contributed by atoms with Crippen LogP contribution < -0.4 is 24.7 Å². The molecule has 0 aliphatic carbocycles. The van der Waals surface area contributed by atoms with Crippen LogP contribution in [0.5, 0.6) is 0 Å². The number of pyridine rings is 1. The van der Waals surface area contributed by atoms with E-state index >= 15 is 0 Å². The van der Waals surface area contributed by atoms with E-state index in [2.05, 4.69) is 68.5 Å². The topological polar surface area (TPSA) is 107 Å². The number of anilines is 5. The van der Waals surface area contributed by atoms with Gasteiger partial charge in [0.25, 0.3) is 0 Å². The molecular weight excluding hydrogens is 488 g/mol. The Morgan fingerprint density at radius 3 is 2.54 bits per heavy atom. The second-order valence-corrected chi connectivity index (χ2v) is 12.3. The summed E-state index contributed by atoms with van der Waals surface area (Å²) in [7, 11) is -1.91. The summed E-state index contributed by atoms with van der Waals surface area (Å²) in [4.78, 5) is 18.4. The number of hydrogen-bond donors (Lipinski definition) is 2. The normalized spacial score (nSPS) is 17.0. The molecule has 0 atom stereocenters. The third-order valence-corrected chi connectivity index (χ3v) is 8.18. The maximum Gasteiger partial charge on any atom is 0.233 e. The molecule has 1 aromatic carbocycles. The lowest BCUT2D eigenvalue weighted by atomic mass is 9.89. The van der Waals surface area contributed by atoms with Crippen LogP contribution in [0.4, 0.5) is 29.0 Å². The number of sulfonamides is 1. The van der Waals surface area contributed by atoms with Crippen LogP contribution in [0.15, 0.2) is 48.8 Å². The first-order valence-electron chi connectivity index (χ1n) is 12.4. The highest BCUT2D eigenvalue weighted by molar-refractivity contribution is 7.92. The lowest BCUT2D eigenvalue weighted by Crippen LogP contribution is -2.43. The van der Waals surface area contributed by atoms with Gasteiger partial charge in [0.1, 0.15) is 11.6 Å². The van der Waals surface area contributed by atoms with Crippen molar-refractivity contribution in [1.29, 1.82) is 0 Å². The van der Waals surface area contributed by atoms with Crippen LogP contribution in [0.1, 0.15) is 25.0 Å². The molecule has 11 heteroatoms. The number of nitrogens with one attached hydrogen (secondary N) is 2. The Labute approximate surface area is 218 Å². The smallest absolute Gasteiger partial charge is 0.233 e. The molecule has 1 saturated heterocycles. The van der Waals surface area contributed by atoms with Crippen molar-refractivity contribution in [2.75, 3.05) is 65.4 Å². The molecule has 2 aromatic heterocycles. The van der Waals surface area contributed by atoms with E-state index in [9.17, 15) is 8.42 Å². The van der Waals surface area contributed by atoms with Crippen molar-refractivity contribution < 1.29 is 8.42 Å². The van der Waals surface area contributed by atoms with E-state index in [0.29, 0.717) is 18.3 Å². The summed E-state index contributed by atoms with van der Waals surface area (Å²) in [5.74, 6) is 1.79. The van der Waals surface area contributed by atoms with Gasteiger partial charge < -0.3 is 20.4 Å². The van der Waals surface area contributed by atoms with Crippen LogP contribution in [-0.2, 0) is 22.0 Å². The summed E-state index contributed by atoms with van der Waals surface area (Å²) in [6, 6.07) is 12.1. The standard InChI is InChI=1S/C26H34N8O2S/c1-26(2)18-34(17-19-6-5-11-28-23(19)32(3)37(4,35)36)24-22(26)16-29-25(31-24)30-20-7-9-21(10-8-20)33-14-12-27-13-15-33/h5-11,16,27H,12-15,17-18H2,1-4H3,(H,29,30,31). The molecule has 0 bridgehead atoms. The van der Waals surface area contributed by atoms with Gasteiger partial charge >= 0.3 is 0 Å². The molecule has 196 valence electrons. The van der Waals surface area contributed by atoms with Crippen molar-refractivity contribution >= 4 is 39.0 Å². The van der Waals surface area contributed by atoms with E-state index in [1.165, 1.54) is 23.3 Å². The van der Waals surface area contributed by atoms with Crippen LogP contribution in [0.2, 0.25) is 0 Å². The predicted octanol–water partition coefficient (Wildman–Crippen LogP) is 2.72. The fourth-order valence-corrected chi connectivity index (χ4v) is 5.41. The van der Waals surface area contributed by atoms with Crippen molar-refractivity contribution in [3.05, 3.63) is 59.9 Å². The van der Waals surface area contributed by atoms with Crippen LogP contribution in [0.25, 0.3) is 0 Å². The molecule has 2 aliphatic rings. The highest BCUT2D eigenvalue weighted by Crippen LogP contribution is 2.40. The zero-order valence-corrected chi connectivity index (χ0v) is 22.6. The Bertz CT molecular complexity index is 1370. The van der Waals surface area contributed by atoms with Gasteiger partial charge in [-0.15, -0.1) is 0 Å². The van der Waals surface area contributed by atoms with Crippen molar-refractivity contribution in [2.45, 2.75) is 25.8 Å². The number of fused-ring (bicyclic) bond motifs is 1. The first-order chi connectivity index (χ1) is 17.6. The van der Waals surface area contributed by atoms with Crippen molar-refractivity contribution in [1.82, 2.24) is 20.3 Å². The van der Waals surface area contributed by atoms with Gasteiger partial charge in [-0.25, -0.2) is 18.4 Å². The van der Waals surface area contributed by atoms with Crippen LogP contribution >= 0.6 is 0 Å². The molecule has 5 rings (SSSR count). The minimum atomic E-state index is -3.44. The first kappa shape index (κ1) is 25.2. The van der Waals surface area contributed by atoms with E-state index in [-0.39, 0.29) is 5.41 Å². The zero-order valence-electron chi connectivity index (χ0n) is 21.8. The van der Waals surface area contributed by atoms with Gasteiger partial charge in [-0.1, -0.05) is 19.9 Å². The lowest BCUT2D eigenvalue weighted by Gasteiger charge is -2.29. The van der Waals surface area contributed by atoms with E-state index in [0.717, 1.165) is 55.4 Å². The number of benzene rings is 1. The summed E-state index contributed by atoms with van der Waals surface area (Å²) in [5.41, 5.74) is 3.86. The molecule has 3 aromatic rings. The number of rotatable bonds is 7. The fourth-order valence-electron chi connectivity index (χ4n) is 4.93. The average Bonchev–Trinajstić information content (AvgIpc) is 3.13. The third-order valence-electron chi connectivity index (χ3n) is 7.01. The Morgan fingerprint density at radius 1 is 1.11 bits per heavy atom. The minimum absolute atomic E-state index is 0.149. The molecule has 0 amide bonds. The SMILES string of the molecule is CN(c1ncccc1CN1CC(C)(C)c2cnc(Nc3ccc(N4CCNCC4)cc3)nc21)S(C)(=O)=O. The quantitative estimate of drug-likeness (QED) is 0.484. The second-order valence-electron chi connectivity index (χ2n) is 10.3. The molecule has 0 radical (unpaired) electrons. The number of piperazine rings is 1. The maximum absolute atomic E-state index is 12.2. The van der Waals surface area contributed by atoms with Gasteiger partial charge in [0.15, 0.2) is 0 Å². The largest absolute Gasteiger partial charge is 0.369 e. The third kappa shape index (κ3) is 5.33. The van der Waals surface area contributed by atoms with E-state index in [1.807, 2.05) is 18.3 Å².